The Bertz CT molecular complexity index is 1260. The fourth-order valence-corrected chi connectivity index (χ4v) is 5.52. The molecule has 2 aliphatic heterocycles. The fraction of sp³-hybridized carbons (Fsp3) is 0.321. The lowest BCUT2D eigenvalue weighted by Gasteiger charge is -2.43. The van der Waals surface area contributed by atoms with Gasteiger partial charge in [0.25, 0.3) is 11.1 Å². The Labute approximate surface area is 211 Å². The molecule has 35 heavy (non-hydrogen) atoms. The third-order valence-corrected chi connectivity index (χ3v) is 7.13. The largest absolute Gasteiger partial charge is 0.362 e. The van der Waals surface area contributed by atoms with Crippen molar-refractivity contribution < 1.29 is 14.4 Å². The highest BCUT2D eigenvalue weighted by Gasteiger charge is 2.36. The molecule has 2 aromatic rings. The number of anilines is 2. The lowest BCUT2D eigenvalue weighted by molar-refractivity contribution is -0.127. The second-order valence-electron chi connectivity index (χ2n) is 9.59. The summed E-state index contributed by atoms with van der Waals surface area (Å²) in [7, 11) is 0. The summed E-state index contributed by atoms with van der Waals surface area (Å²) in [5, 5.41) is 2.31. The van der Waals surface area contributed by atoms with Crippen molar-refractivity contribution in [2.24, 2.45) is 0 Å². The number of allylic oxidation sites excluding steroid dienone is 1. The van der Waals surface area contributed by atoms with Gasteiger partial charge in [-0.25, -0.2) is 0 Å². The SMILES string of the molecule is CCCN1c2ccc(/C=C3/SC(=O)N(CC(=O)Nc4cccc(C)c4)C3=O)cc2C(C)=CC1(C)C. The van der Waals surface area contributed by atoms with E-state index in [1.54, 1.807) is 12.1 Å². The van der Waals surface area contributed by atoms with E-state index in [4.69, 9.17) is 0 Å². The van der Waals surface area contributed by atoms with E-state index in [0.717, 1.165) is 46.3 Å². The van der Waals surface area contributed by atoms with Gasteiger partial charge in [0.1, 0.15) is 6.54 Å². The minimum Gasteiger partial charge on any atom is -0.362 e. The molecule has 0 saturated carbocycles. The van der Waals surface area contributed by atoms with Crippen LogP contribution in [-0.4, -0.2) is 40.6 Å². The first-order chi connectivity index (χ1) is 16.6. The number of nitrogens with one attached hydrogen (secondary N) is 1. The number of carbonyl (C=O) groups excluding carboxylic acids is 3. The van der Waals surface area contributed by atoms with Gasteiger partial charge in [0, 0.05) is 23.5 Å². The van der Waals surface area contributed by atoms with Gasteiger partial charge in [0.15, 0.2) is 0 Å². The summed E-state index contributed by atoms with van der Waals surface area (Å²) in [5.41, 5.74) is 5.91. The van der Waals surface area contributed by atoms with E-state index in [9.17, 15) is 14.4 Å². The number of hydrogen-bond donors (Lipinski definition) is 1. The molecular formula is C28H31N3O3S. The van der Waals surface area contributed by atoms with Crippen molar-refractivity contribution in [3.63, 3.8) is 0 Å². The van der Waals surface area contributed by atoms with Crippen LogP contribution in [0.1, 0.15) is 50.8 Å². The summed E-state index contributed by atoms with van der Waals surface area (Å²) in [6.07, 6.45) is 5.05. The summed E-state index contributed by atoms with van der Waals surface area (Å²) in [4.78, 5) is 41.7. The van der Waals surface area contributed by atoms with Gasteiger partial charge in [0.2, 0.25) is 5.91 Å². The normalized spacial score (nSPS) is 18.1. The van der Waals surface area contributed by atoms with Gasteiger partial charge in [-0.2, -0.15) is 0 Å². The van der Waals surface area contributed by atoms with E-state index in [2.05, 4.69) is 56.1 Å². The Hall–Kier alpha value is -3.32. The van der Waals surface area contributed by atoms with Gasteiger partial charge < -0.3 is 10.2 Å². The van der Waals surface area contributed by atoms with E-state index in [1.807, 2.05) is 31.2 Å². The number of aryl methyl sites for hydroxylation is 1. The summed E-state index contributed by atoms with van der Waals surface area (Å²) in [5.74, 6) is -0.856. The molecule has 7 heteroatoms. The fourth-order valence-electron chi connectivity index (χ4n) is 4.68. The molecule has 182 valence electrons. The Kier molecular flexibility index (Phi) is 6.90. The summed E-state index contributed by atoms with van der Waals surface area (Å²) in [6, 6.07) is 13.5. The predicted octanol–water partition coefficient (Wildman–Crippen LogP) is 6.08. The van der Waals surface area contributed by atoms with Gasteiger partial charge in [-0.3, -0.25) is 19.3 Å². The monoisotopic (exact) mass is 489 g/mol. The number of amides is 3. The maximum atomic E-state index is 13.0. The van der Waals surface area contributed by atoms with Crippen LogP contribution in [0.5, 0.6) is 0 Å². The van der Waals surface area contributed by atoms with Crippen molar-refractivity contribution in [3.05, 3.63) is 70.1 Å². The topological polar surface area (TPSA) is 69.7 Å². The Balaban J connectivity index is 1.53. The van der Waals surface area contributed by atoms with Gasteiger partial charge in [-0.1, -0.05) is 31.2 Å². The van der Waals surface area contributed by atoms with Gasteiger partial charge in [-0.05, 0) is 92.9 Å². The molecule has 1 saturated heterocycles. The van der Waals surface area contributed by atoms with Crippen LogP contribution in [0.25, 0.3) is 11.6 Å². The average molecular weight is 490 g/mol. The zero-order valence-corrected chi connectivity index (χ0v) is 21.7. The molecular weight excluding hydrogens is 458 g/mol. The molecule has 0 atom stereocenters. The van der Waals surface area contributed by atoms with Crippen molar-refractivity contribution in [1.82, 2.24) is 4.90 Å². The highest BCUT2D eigenvalue weighted by molar-refractivity contribution is 8.18. The van der Waals surface area contributed by atoms with Crippen molar-refractivity contribution in [3.8, 4) is 0 Å². The molecule has 2 aliphatic rings. The first-order valence-corrected chi connectivity index (χ1v) is 12.6. The van der Waals surface area contributed by atoms with Crippen molar-refractivity contribution in [2.45, 2.75) is 46.6 Å². The predicted molar refractivity (Wildman–Crippen MR) is 144 cm³/mol. The first kappa shape index (κ1) is 24.8. The van der Waals surface area contributed by atoms with E-state index >= 15 is 0 Å². The molecule has 3 amide bonds. The van der Waals surface area contributed by atoms with Gasteiger partial charge in [0.05, 0.1) is 10.4 Å². The van der Waals surface area contributed by atoms with Crippen LogP contribution < -0.4 is 10.2 Å². The van der Waals surface area contributed by atoms with Crippen LogP contribution in [0.3, 0.4) is 0 Å². The molecule has 0 radical (unpaired) electrons. The van der Waals surface area contributed by atoms with Crippen LogP contribution >= 0.6 is 11.8 Å². The number of benzene rings is 2. The number of fused-ring (bicyclic) bond motifs is 1. The number of rotatable bonds is 6. The number of carbonyl (C=O) groups is 3. The summed E-state index contributed by atoms with van der Waals surface area (Å²) in [6.45, 7) is 11.3. The van der Waals surface area contributed by atoms with Crippen molar-refractivity contribution in [1.29, 1.82) is 0 Å². The Morgan fingerprint density at radius 2 is 1.89 bits per heavy atom. The minimum atomic E-state index is -0.446. The Morgan fingerprint density at radius 1 is 1.11 bits per heavy atom. The van der Waals surface area contributed by atoms with E-state index in [1.165, 1.54) is 11.3 Å². The van der Waals surface area contributed by atoms with Gasteiger partial charge in [-0.15, -0.1) is 0 Å². The average Bonchev–Trinajstić information content (AvgIpc) is 3.03. The maximum absolute atomic E-state index is 13.0. The second kappa shape index (κ2) is 9.74. The van der Waals surface area contributed by atoms with Crippen LogP contribution in [0.15, 0.2) is 53.4 Å². The molecule has 0 unspecified atom stereocenters. The van der Waals surface area contributed by atoms with E-state index in [-0.39, 0.29) is 12.1 Å². The first-order valence-electron chi connectivity index (χ1n) is 11.8. The molecule has 2 heterocycles. The van der Waals surface area contributed by atoms with Gasteiger partial charge >= 0.3 is 0 Å². The molecule has 1 N–H and O–H groups in total. The third kappa shape index (κ3) is 5.20. The standard InChI is InChI=1S/C28H31N3O3S/c1-6-12-31-23-11-10-20(14-22(23)19(3)16-28(31,4)5)15-24-26(33)30(27(34)35-24)17-25(32)29-21-9-7-8-18(2)13-21/h7-11,13-16H,6,12,17H2,1-5H3,(H,29,32)/b24-15+. The quantitative estimate of drug-likeness (QED) is 0.498. The summed E-state index contributed by atoms with van der Waals surface area (Å²) < 4.78 is 0. The zero-order chi connectivity index (χ0) is 25.3. The number of hydrogen-bond acceptors (Lipinski definition) is 5. The molecule has 0 aliphatic carbocycles. The lowest BCUT2D eigenvalue weighted by atomic mass is 9.88. The van der Waals surface area contributed by atoms with Crippen LogP contribution in [0.2, 0.25) is 0 Å². The highest BCUT2D eigenvalue weighted by atomic mass is 32.2. The smallest absolute Gasteiger partial charge is 0.294 e. The van der Waals surface area contributed by atoms with Crippen LogP contribution in [0.4, 0.5) is 16.2 Å². The molecule has 2 aromatic carbocycles. The molecule has 0 bridgehead atoms. The number of imide groups is 1. The second-order valence-corrected chi connectivity index (χ2v) is 10.6. The lowest BCUT2D eigenvalue weighted by Crippen LogP contribution is -2.45. The Morgan fingerprint density at radius 3 is 2.60 bits per heavy atom. The highest BCUT2D eigenvalue weighted by Crippen LogP contribution is 2.40. The number of nitrogens with zero attached hydrogens (tertiary/aromatic N) is 2. The molecule has 6 nitrogen and oxygen atoms in total. The molecule has 1 fully saturated rings. The molecule has 4 rings (SSSR count). The zero-order valence-electron chi connectivity index (χ0n) is 20.8. The van der Waals surface area contributed by atoms with Crippen LogP contribution in [-0.2, 0) is 9.59 Å². The maximum Gasteiger partial charge on any atom is 0.294 e. The van der Waals surface area contributed by atoms with Crippen molar-refractivity contribution in [2.75, 3.05) is 23.3 Å². The molecule has 0 spiro atoms. The number of thioether (sulfide) groups is 1. The van der Waals surface area contributed by atoms with Crippen molar-refractivity contribution >= 4 is 51.8 Å². The third-order valence-electron chi connectivity index (χ3n) is 6.22. The van der Waals surface area contributed by atoms with E-state index in [0.29, 0.717) is 10.6 Å². The van der Waals surface area contributed by atoms with E-state index < -0.39 is 17.1 Å². The van der Waals surface area contributed by atoms with Crippen LogP contribution in [0, 0.1) is 6.92 Å². The summed E-state index contributed by atoms with van der Waals surface area (Å²) >= 11 is 0.867. The molecule has 0 aromatic heterocycles. The minimum absolute atomic E-state index is 0.0731.